The van der Waals surface area contributed by atoms with Crippen LogP contribution in [0.15, 0.2) is 48.5 Å². The number of aromatic nitrogens is 5. The summed E-state index contributed by atoms with van der Waals surface area (Å²) in [6.07, 6.45) is 6.88. The van der Waals surface area contributed by atoms with Crippen molar-refractivity contribution in [2.24, 2.45) is 0 Å². The first-order chi connectivity index (χ1) is 12.7. The minimum atomic E-state index is 0.292. The van der Waals surface area contributed by atoms with Crippen LogP contribution in [0.25, 0.3) is 21.6 Å². The highest BCUT2D eigenvalue weighted by atomic mass is 32.1. The lowest BCUT2D eigenvalue weighted by atomic mass is 10.0. The summed E-state index contributed by atoms with van der Waals surface area (Å²) in [6.45, 7) is 4.90. The van der Waals surface area contributed by atoms with E-state index in [-0.39, 0.29) is 0 Å². The van der Waals surface area contributed by atoms with Crippen molar-refractivity contribution in [2.45, 2.75) is 19.8 Å². The molecule has 6 nitrogen and oxygen atoms in total. The summed E-state index contributed by atoms with van der Waals surface area (Å²) < 4.78 is 0. The lowest BCUT2D eigenvalue weighted by molar-refractivity contribution is 0.808. The molecular formula is C19H18N6S. The Morgan fingerprint density at radius 1 is 1.08 bits per heavy atom. The third kappa shape index (κ3) is 3.39. The number of anilines is 1. The molecule has 0 saturated heterocycles. The zero-order valence-corrected chi connectivity index (χ0v) is 15.4. The van der Waals surface area contributed by atoms with Crippen molar-refractivity contribution < 1.29 is 0 Å². The molecule has 26 heavy (non-hydrogen) atoms. The summed E-state index contributed by atoms with van der Waals surface area (Å²) in [5.74, 6) is 1.09. The molecule has 4 rings (SSSR count). The van der Waals surface area contributed by atoms with Crippen LogP contribution in [0.5, 0.6) is 0 Å². The molecular weight excluding hydrogens is 344 g/mol. The van der Waals surface area contributed by atoms with E-state index in [4.69, 9.17) is 0 Å². The van der Waals surface area contributed by atoms with Gasteiger partial charge in [-0.05, 0) is 30.0 Å². The van der Waals surface area contributed by atoms with E-state index in [2.05, 4.69) is 42.5 Å². The maximum absolute atomic E-state index is 4.47. The van der Waals surface area contributed by atoms with Gasteiger partial charge in [-0.3, -0.25) is 9.97 Å². The summed E-state index contributed by atoms with van der Waals surface area (Å²) in [5.41, 5.74) is 5.02. The van der Waals surface area contributed by atoms with Gasteiger partial charge in [0, 0.05) is 48.4 Å². The third-order valence-corrected chi connectivity index (χ3v) is 5.12. The van der Waals surface area contributed by atoms with Gasteiger partial charge in [-0.2, -0.15) is 0 Å². The maximum Gasteiger partial charge on any atom is 0.142 e. The van der Waals surface area contributed by atoms with Crippen molar-refractivity contribution >= 4 is 27.5 Å². The minimum absolute atomic E-state index is 0.292. The largest absolute Gasteiger partial charge is 0.369 e. The van der Waals surface area contributed by atoms with Crippen LogP contribution in [-0.4, -0.2) is 31.5 Å². The van der Waals surface area contributed by atoms with Gasteiger partial charge >= 0.3 is 0 Å². The van der Waals surface area contributed by atoms with E-state index >= 15 is 0 Å². The van der Waals surface area contributed by atoms with Gasteiger partial charge in [0.25, 0.3) is 0 Å². The van der Waals surface area contributed by atoms with E-state index in [9.17, 15) is 0 Å². The SMILES string of the molecule is Cc1ccc(-c2cc(NCC(C)c3csc4nccnc34)ncn2)cn1. The highest BCUT2D eigenvalue weighted by molar-refractivity contribution is 7.16. The molecule has 0 aliphatic rings. The third-order valence-electron chi connectivity index (χ3n) is 4.23. The molecule has 4 aromatic heterocycles. The number of fused-ring (bicyclic) bond motifs is 1. The monoisotopic (exact) mass is 362 g/mol. The number of hydrogen-bond acceptors (Lipinski definition) is 7. The van der Waals surface area contributed by atoms with Crippen molar-refractivity contribution in [3.05, 3.63) is 59.8 Å². The Hall–Kier alpha value is -2.93. The fourth-order valence-electron chi connectivity index (χ4n) is 2.73. The molecule has 4 aromatic rings. The minimum Gasteiger partial charge on any atom is -0.369 e. The van der Waals surface area contributed by atoms with E-state index in [1.807, 2.05) is 31.3 Å². The molecule has 0 fully saturated rings. The van der Waals surface area contributed by atoms with Crippen molar-refractivity contribution in [3.63, 3.8) is 0 Å². The second-order valence-electron chi connectivity index (χ2n) is 6.16. The summed E-state index contributed by atoms with van der Waals surface area (Å²) in [6, 6.07) is 5.95. The lowest BCUT2D eigenvalue weighted by Gasteiger charge is -2.12. The molecule has 0 amide bonds. The molecule has 1 atom stereocenters. The maximum atomic E-state index is 4.47. The van der Waals surface area contributed by atoms with Crippen LogP contribution >= 0.6 is 11.3 Å². The van der Waals surface area contributed by atoms with Gasteiger partial charge < -0.3 is 5.32 Å². The van der Waals surface area contributed by atoms with Crippen LogP contribution in [0, 0.1) is 6.92 Å². The van der Waals surface area contributed by atoms with E-state index in [1.54, 1.807) is 30.1 Å². The Morgan fingerprint density at radius 2 is 1.96 bits per heavy atom. The average molecular weight is 362 g/mol. The zero-order valence-electron chi connectivity index (χ0n) is 14.5. The Morgan fingerprint density at radius 3 is 2.81 bits per heavy atom. The number of hydrogen-bond donors (Lipinski definition) is 1. The molecule has 0 spiro atoms. The number of aryl methyl sites for hydroxylation is 1. The molecule has 1 N–H and O–H groups in total. The molecule has 0 saturated carbocycles. The van der Waals surface area contributed by atoms with Gasteiger partial charge in [0.1, 0.15) is 22.5 Å². The summed E-state index contributed by atoms with van der Waals surface area (Å²) >= 11 is 1.63. The first-order valence-corrected chi connectivity index (χ1v) is 9.26. The van der Waals surface area contributed by atoms with Gasteiger partial charge in [0.05, 0.1) is 5.69 Å². The Balaban J connectivity index is 1.49. The van der Waals surface area contributed by atoms with Crippen LogP contribution in [-0.2, 0) is 0 Å². The number of nitrogens with one attached hydrogen (secondary N) is 1. The van der Waals surface area contributed by atoms with Crippen molar-refractivity contribution in [1.29, 1.82) is 0 Å². The van der Waals surface area contributed by atoms with E-state index in [0.29, 0.717) is 5.92 Å². The molecule has 7 heteroatoms. The zero-order chi connectivity index (χ0) is 17.9. The molecule has 0 aliphatic carbocycles. The second kappa shape index (κ2) is 7.13. The number of nitrogens with zero attached hydrogens (tertiary/aromatic N) is 5. The van der Waals surface area contributed by atoms with Gasteiger partial charge in [0.2, 0.25) is 0 Å². The van der Waals surface area contributed by atoms with Crippen molar-refractivity contribution in [1.82, 2.24) is 24.9 Å². The molecule has 4 heterocycles. The summed E-state index contributed by atoms with van der Waals surface area (Å²) in [4.78, 5) is 22.8. The Labute approximate surface area is 155 Å². The molecule has 0 radical (unpaired) electrons. The summed E-state index contributed by atoms with van der Waals surface area (Å²) in [5, 5.41) is 5.54. The predicted octanol–water partition coefficient (Wildman–Crippen LogP) is 4.07. The number of thiophene rings is 1. The van der Waals surface area contributed by atoms with Gasteiger partial charge in [-0.25, -0.2) is 15.0 Å². The Kier molecular flexibility index (Phi) is 4.53. The standard InChI is InChI=1S/C19H18N6S/c1-12(15-10-26-19-18(15)20-5-6-21-19)8-23-17-7-16(24-11-25-17)14-4-3-13(2)22-9-14/h3-7,9-12H,8H2,1-2H3,(H,23,24,25). The van der Waals surface area contributed by atoms with Crippen LogP contribution in [0.3, 0.4) is 0 Å². The topological polar surface area (TPSA) is 76.5 Å². The van der Waals surface area contributed by atoms with Gasteiger partial charge in [0.15, 0.2) is 0 Å². The molecule has 0 aliphatic heterocycles. The molecule has 0 bridgehead atoms. The fourth-order valence-corrected chi connectivity index (χ4v) is 3.72. The first-order valence-electron chi connectivity index (χ1n) is 8.38. The van der Waals surface area contributed by atoms with Crippen LogP contribution in [0.2, 0.25) is 0 Å². The molecule has 130 valence electrons. The van der Waals surface area contributed by atoms with Crippen molar-refractivity contribution in [3.8, 4) is 11.3 Å². The normalized spacial score (nSPS) is 12.2. The van der Waals surface area contributed by atoms with E-state index < -0.39 is 0 Å². The highest BCUT2D eigenvalue weighted by Gasteiger charge is 2.13. The van der Waals surface area contributed by atoms with Crippen LogP contribution < -0.4 is 5.32 Å². The Bertz CT molecular complexity index is 1030. The van der Waals surface area contributed by atoms with Gasteiger partial charge in [-0.1, -0.05) is 6.92 Å². The molecule has 1 unspecified atom stereocenters. The average Bonchev–Trinajstić information content (AvgIpc) is 3.11. The predicted molar refractivity (Wildman–Crippen MR) is 104 cm³/mol. The molecule has 0 aromatic carbocycles. The summed E-state index contributed by atoms with van der Waals surface area (Å²) in [7, 11) is 0. The quantitative estimate of drug-likeness (QED) is 0.577. The highest BCUT2D eigenvalue weighted by Crippen LogP contribution is 2.28. The lowest BCUT2D eigenvalue weighted by Crippen LogP contribution is -2.11. The van der Waals surface area contributed by atoms with Gasteiger partial charge in [-0.15, -0.1) is 11.3 Å². The van der Waals surface area contributed by atoms with Crippen LogP contribution in [0.4, 0.5) is 5.82 Å². The fraction of sp³-hybridized carbons (Fsp3) is 0.211. The first kappa shape index (κ1) is 16.5. The smallest absolute Gasteiger partial charge is 0.142 e. The van der Waals surface area contributed by atoms with Crippen LogP contribution in [0.1, 0.15) is 24.1 Å². The number of rotatable bonds is 5. The van der Waals surface area contributed by atoms with Crippen molar-refractivity contribution in [2.75, 3.05) is 11.9 Å². The van der Waals surface area contributed by atoms with E-state index in [0.717, 1.165) is 39.7 Å². The second-order valence-corrected chi connectivity index (χ2v) is 7.02. The van der Waals surface area contributed by atoms with E-state index in [1.165, 1.54) is 5.56 Å². The number of pyridine rings is 1.